The third kappa shape index (κ3) is 5.11. The zero-order valence-electron chi connectivity index (χ0n) is 10.3. The molecule has 0 bridgehead atoms. The van der Waals surface area contributed by atoms with Gasteiger partial charge in [0.2, 0.25) is 0 Å². The molecular formula is C11H21NO4. The van der Waals surface area contributed by atoms with E-state index in [0.29, 0.717) is 12.5 Å². The van der Waals surface area contributed by atoms with Crippen molar-refractivity contribution in [2.75, 3.05) is 13.1 Å². The van der Waals surface area contributed by atoms with Gasteiger partial charge in [-0.1, -0.05) is 20.8 Å². The molecule has 0 saturated heterocycles. The summed E-state index contributed by atoms with van der Waals surface area (Å²) >= 11 is 0. The Morgan fingerprint density at radius 3 is 1.81 bits per heavy atom. The second kappa shape index (κ2) is 6.48. The van der Waals surface area contributed by atoms with Crippen molar-refractivity contribution in [1.29, 1.82) is 0 Å². The summed E-state index contributed by atoms with van der Waals surface area (Å²) in [5.74, 6) is -2.06. The van der Waals surface area contributed by atoms with Crippen molar-refractivity contribution in [2.24, 2.45) is 11.8 Å². The van der Waals surface area contributed by atoms with Gasteiger partial charge in [0.25, 0.3) is 0 Å². The van der Waals surface area contributed by atoms with Crippen molar-refractivity contribution in [2.45, 2.75) is 33.7 Å². The van der Waals surface area contributed by atoms with Crippen LogP contribution in [-0.2, 0) is 9.59 Å². The molecule has 0 saturated carbocycles. The Kier molecular flexibility index (Phi) is 6.03. The Labute approximate surface area is 96.1 Å². The van der Waals surface area contributed by atoms with Crippen LogP contribution in [0, 0.1) is 11.8 Å². The van der Waals surface area contributed by atoms with Crippen LogP contribution in [0.15, 0.2) is 0 Å². The first-order chi connectivity index (χ1) is 7.25. The minimum atomic E-state index is -0.918. The van der Waals surface area contributed by atoms with Crippen molar-refractivity contribution in [3.63, 3.8) is 0 Å². The molecule has 5 nitrogen and oxygen atoms in total. The number of carboxylic acid groups (broad SMARTS) is 2. The monoisotopic (exact) mass is 231 g/mol. The Morgan fingerprint density at radius 1 is 1.00 bits per heavy atom. The summed E-state index contributed by atoms with van der Waals surface area (Å²) in [5, 5.41) is 17.7. The van der Waals surface area contributed by atoms with Crippen LogP contribution in [0.5, 0.6) is 0 Å². The first-order valence-electron chi connectivity index (χ1n) is 5.45. The highest BCUT2D eigenvalue weighted by molar-refractivity contribution is 5.73. The van der Waals surface area contributed by atoms with Crippen molar-refractivity contribution >= 4 is 11.9 Å². The molecule has 0 aliphatic rings. The van der Waals surface area contributed by atoms with E-state index >= 15 is 0 Å². The molecule has 0 radical (unpaired) electrons. The van der Waals surface area contributed by atoms with Gasteiger partial charge in [-0.2, -0.15) is 0 Å². The van der Waals surface area contributed by atoms with Gasteiger partial charge in [-0.15, -0.1) is 0 Å². The van der Waals surface area contributed by atoms with E-state index < -0.39 is 23.9 Å². The molecule has 0 spiro atoms. The number of nitrogens with zero attached hydrogens (tertiary/aromatic N) is 1. The van der Waals surface area contributed by atoms with Crippen LogP contribution in [0.25, 0.3) is 0 Å². The number of hydrogen-bond acceptors (Lipinski definition) is 3. The first kappa shape index (κ1) is 14.9. The lowest BCUT2D eigenvalue weighted by Gasteiger charge is -2.29. The van der Waals surface area contributed by atoms with Gasteiger partial charge in [0.1, 0.15) is 6.04 Å². The zero-order valence-corrected chi connectivity index (χ0v) is 10.3. The quantitative estimate of drug-likeness (QED) is 0.687. The van der Waals surface area contributed by atoms with Crippen molar-refractivity contribution in [3.8, 4) is 0 Å². The minimum absolute atomic E-state index is 0.265. The van der Waals surface area contributed by atoms with Gasteiger partial charge in [0.05, 0.1) is 5.92 Å². The zero-order chi connectivity index (χ0) is 12.9. The predicted octanol–water partition coefficient (Wildman–Crippen LogP) is 1.14. The molecule has 0 rings (SSSR count). The highest BCUT2D eigenvalue weighted by Crippen LogP contribution is 2.09. The van der Waals surface area contributed by atoms with Crippen molar-refractivity contribution < 1.29 is 19.8 Å². The first-order valence-corrected chi connectivity index (χ1v) is 5.45. The lowest BCUT2D eigenvalue weighted by molar-refractivity contribution is -0.146. The maximum Gasteiger partial charge on any atom is 0.320 e. The van der Waals surface area contributed by atoms with E-state index in [9.17, 15) is 9.59 Å². The van der Waals surface area contributed by atoms with Gasteiger partial charge in [0.15, 0.2) is 0 Å². The molecule has 5 heteroatoms. The molecular weight excluding hydrogens is 210 g/mol. The standard InChI is InChI=1S/C11H21NO4/c1-7(2)5-12(9(4)11(15)16)6-8(3)10(13)14/h7-9H,5-6H2,1-4H3,(H,13,14)(H,15,16). The molecule has 94 valence electrons. The lowest BCUT2D eigenvalue weighted by Crippen LogP contribution is -2.44. The third-order valence-electron chi connectivity index (χ3n) is 2.43. The van der Waals surface area contributed by atoms with Gasteiger partial charge in [-0.3, -0.25) is 14.5 Å². The molecule has 0 aromatic rings. The fourth-order valence-electron chi connectivity index (χ4n) is 1.45. The fraction of sp³-hybridized carbons (Fsp3) is 0.818. The Hall–Kier alpha value is -1.10. The van der Waals surface area contributed by atoms with Gasteiger partial charge in [-0.25, -0.2) is 0 Å². The summed E-state index contributed by atoms with van der Waals surface area (Å²) in [6.07, 6.45) is 0. The Bertz CT molecular complexity index is 252. The minimum Gasteiger partial charge on any atom is -0.481 e. The predicted molar refractivity (Wildman–Crippen MR) is 60.3 cm³/mol. The topological polar surface area (TPSA) is 77.8 Å². The van der Waals surface area contributed by atoms with E-state index in [2.05, 4.69) is 0 Å². The average Bonchev–Trinajstić information content (AvgIpc) is 2.14. The normalized spacial score (nSPS) is 15.1. The van der Waals surface area contributed by atoms with Gasteiger partial charge >= 0.3 is 11.9 Å². The van der Waals surface area contributed by atoms with Gasteiger partial charge in [-0.05, 0) is 12.8 Å². The summed E-state index contributed by atoms with van der Waals surface area (Å²) in [5.41, 5.74) is 0. The molecule has 2 N–H and O–H groups in total. The number of aliphatic carboxylic acids is 2. The highest BCUT2D eigenvalue weighted by atomic mass is 16.4. The molecule has 0 amide bonds. The van der Waals surface area contributed by atoms with E-state index in [1.165, 1.54) is 0 Å². The summed E-state index contributed by atoms with van der Waals surface area (Å²) < 4.78 is 0. The molecule has 0 heterocycles. The average molecular weight is 231 g/mol. The van der Waals surface area contributed by atoms with E-state index in [1.807, 2.05) is 13.8 Å². The van der Waals surface area contributed by atoms with Gasteiger partial charge in [0, 0.05) is 13.1 Å². The van der Waals surface area contributed by atoms with Crippen LogP contribution in [-0.4, -0.2) is 46.2 Å². The van der Waals surface area contributed by atoms with E-state index in [0.717, 1.165) is 0 Å². The highest BCUT2D eigenvalue weighted by Gasteiger charge is 2.25. The van der Waals surface area contributed by atoms with Crippen LogP contribution in [0.1, 0.15) is 27.7 Å². The van der Waals surface area contributed by atoms with Crippen molar-refractivity contribution in [1.82, 2.24) is 4.90 Å². The second-order valence-corrected chi connectivity index (χ2v) is 4.60. The third-order valence-corrected chi connectivity index (χ3v) is 2.43. The number of carboxylic acids is 2. The van der Waals surface area contributed by atoms with E-state index in [1.54, 1.807) is 18.7 Å². The fourth-order valence-corrected chi connectivity index (χ4v) is 1.45. The Balaban J connectivity index is 4.54. The number of carbonyl (C=O) groups is 2. The van der Waals surface area contributed by atoms with Crippen LogP contribution >= 0.6 is 0 Å². The summed E-state index contributed by atoms with van der Waals surface area (Å²) in [4.78, 5) is 23.3. The molecule has 2 atom stereocenters. The molecule has 0 aromatic carbocycles. The molecule has 0 aliphatic heterocycles. The maximum absolute atomic E-state index is 10.9. The molecule has 2 unspecified atom stereocenters. The summed E-state index contributed by atoms with van der Waals surface area (Å²) in [7, 11) is 0. The maximum atomic E-state index is 10.9. The number of hydrogen-bond donors (Lipinski definition) is 2. The molecule has 16 heavy (non-hydrogen) atoms. The molecule has 0 aromatic heterocycles. The largest absolute Gasteiger partial charge is 0.481 e. The van der Waals surface area contributed by atoms with Crippen molar-refractivity contribution in [3.05, 3.63) is 0 Å². The van der Waals surface area contributed by atoms with E-state index in [4.69, 9.17) is 10.2 Å². The van der Waals surface area contributed by atoms with E-state index in [-0.39, 0.29) is 6.54 Å². The smallest absolute Gasteiger partial charge is 0.320 e. The molecule has 0 aliphatic carbocycles. The van der Waals surface area contributed by atoms with Crippen LogP contribution < -0.4 is 0 Å². The summed E-state index contributed by atoms with van der Waals surface area (Å²) in [6, 6.07) is -0.649. The van der Waals surface area contributed by atoms with Gasteiger partial charge < -0.3 is 10.2 Å². The SMILES string of the molecule is CC(C)CN(CC(C)C(=O)O)C(C)C(=O)O. The van der Waals surface area contributed by atoms with Crippen LogP contribution in [0.2, 0.25) is 0 Å². The second-order valence-electron chi connectivity index (χ2n) is 4.60. The summed E-state index contributed by atoms with van der Waals surface area (Å²) in [6.45, 7) is 7.98. The molecule has 0 fully saturated rings. The van der Waals surface area contributed by atoms with Crippen LogP contribution in [0.4, 0.5) is 0 Å². The Morgan fingerprint density at radius 2 is 1.50 bits per heavy atom. The number of rotatable bonds is 7. The van der Waals surface area contributed by atoms with Crippen LogP contribution in [0.3, 0.4) is 0 Å². The lowest BCUT2D eigenvalue weighted by atomic mass is 10.1.